The molecule has 0 bridgehead atoms. The van der Waals surface area contributed by atoms with Gasteiger partial charge in [-0.1, -0.05) is 12.1 Å². The number of aromatic nitrogens is 3. The summed E-state index contributed by atoms with van der Waals surface area (Å²) in [6.45, 7) is 7.34. The number of benzene rings is 1. The van der Waals surface area contributed by atoms with Crippen molar-refractivity contribution in [1.29, 1.82) is 0 Å². The van der Waals surface area contributed by atoms with Crippen LogP contribution < -0.4 is 15.0 Å². The molecule has 3 heterocycles. The molecule has 2 unspecified atom stereocenters. The third-order valence-electron chi connectivity index (χ3n) is 5.94. The minimum atomic E-state index is -1.11. The Morgan fingerprint density at radius 2 is 2.00 bits per heavy atom. The van der Waals surface area contributed by atoms with Gasteiger partial charge < -0.3 is 24.6 Å². The lowest BCUT2D eigenvalue weighted by Crippen LogP contribution is -2.51. The van der Waals surface area contributed by atoms with Gasteiger partial charge >= 0.3 is 5.97 Å². The average molecular weight is 484 g/mol. The highest BCUT2D eigenvalue weighted by Gasteiger charge is 2.29. The molecule has 1 aliphatic rings. The minimum absolute atomic E-state index is 0.0692. The van der Waals surface area contributed by atoms with E-state index in [4.69, 9.17) is 9.47 Å². The van der Waals surface area contributed by atoms with Gasteiger partial charge in [-0.05, 0) is 51.3 Å². The van der Waals surface area contributed by atoms with Crippen molar-refractivity contribution < 1.29 is 24.5 Å². The van der Waals surface area contributed by atoms with E-state index in [1.807, 2.05) is 49.9 Å². The van der Waals surface area contributed by atoms with Crippen LogP contribution in [0, 0.1) is 0 Å². The van der Waals surface area contributed by atoms with Crippen LogP contribution in [-0.4, -0.2) is 69.2 Å². The lowest BCUT2D eigenvalue weighted by atomic mass is 10.0. The minimum Gasteiger partial charge on any atom is -0.497 e. The van der Waals surface area contributed by atoms with Crippen molar-refractivity contribution in [3.05, 3.63) is 47.8 Å². The maximum absolute atomic E-state index is 12.1. The van der Waals surface area contributed by atoms with E-state index < -0.39 is 18.0 Å². The van der Waals surface area contributed by atoms with Gasteiger partial charge in [0, 0.05) is 25.3 Å². The van der Waals surface area contributed by atoms with E-state index in [1.54, 1.807) is 18.0 Å². The van der Waals surface area contributed by atoms with Gasteiger partial charge in [-0.15, -0.1) is 0 Å². The molecule has 0 spiro atoms. The van der Waals surface area contributed by atoms with Crippen molar-refractivity contribution in [2.75, 3.05) is 25.1 Å². The summed E-state index contributed by atoms with van der Waals surface area (Å²) in [5.41, 5.74) is 1.88. The SMILES string of the molecule is COc1ccc(Cn2ncc3c(N4CCCC(NC(O)OC(C)(C)C)C4)c(C(=O)O)cnc32)cc1. The number of carbonyl (C=O) groups is 1. The number of nitrogens with zero attached hydrogens (tertiary/aromatic N) is 4. The summed E-state index contributed by atoms with van der Waals surface area (Å²) in [6, 6.07) is 7.64. The highest BCUT2D eigenvalue weighted by molar-refractivity contribution is 6.03. The lowest BCUT2D eigenvalue weighted by molar-refractivity contribution is -0.185. The van der Waals surface area contributed by atoms with Gasteiger partial charge in [-0.3, -0.25) is 5.32 Å². The standard InChI is InChI=1S/C25H33N5O5/c1-25(2,3)35-24(33)28-17-6-5-11-29(15-17)21-19-13-27-30(22(19)26-12-20(21)23(31)32)14-16-7-9-18(34-4)10-8-16/h7-10,12-13,17,24,28,33H,5-6,11,14-15H2,1-4H3,(H,31,32). The van der Waals surface area contributed by atoms with Gasteiger partial charge in [0.05, 0.1) is 36.5 Å². The Bertz CT molecular complexity index is 1170. The van der Waals surface area contributed by atoms with Crippen molar-refractivity contribution in [3.63, 3.8) is 0 Å². The van der Waals surface area contributed by atoms with Crippen LogP contribution in [0.25, 0.3) is 11.0 Å². The monoisotopic (exact) mass is 483 g/mol. The van der Waals surface area contributed by atoms with Gasteiger partial charge in [-0.25, -0.2) is 14.5 Å². The lowest BCUT2D eigenvalue weighted by Gasteiger charge is -2.37. The zero-order valence-corrected chi connectivity index (χ0v) is 20.6. The molecular weight excluding hydrogens is 450 g/mol. The van der Waals surface area contributed by atoms with Crippen molar-refractivity contribution in [1.82, 2.24) is 20.1 Å². The van der Waals surface area contributed by atoms with Crippen LogP contribution in [0.2, 0.25) is 0 Å². The third-order valence-corrected chi connectivity index (χ3v) is 5.94. The Labute approximate surface area is 204 Å². The largest absolute Gasteiger partial charge is 0.497 e. The van der Waals surface area contributed by atoms with Crippen LogP contribution in [-0.2, 0) is 11.3 Å². The molecule has 1 fully saturated rings. The van der Waals surface area contributed by atoms with Gasteiger partial charge in [0.15, 0.2) is 5.65 Å². The molecule has 1 aromatic carbocycles. The number of methoxy groups -OCH3 is 1. The van der Waals surface area contributed by atoms with Crippen LogP contribution in [0.3, 0.4) is 0 Å². The van der Waals surface area contributed by atoms with Crippen molar-refractivity contribution >= 4 is 22.7 Å². The van der Waals surface area contributed by atoms with E-state index in [0.717, 1.165) is 24.2 Å². The summed E-state index contributed by atoms with van der Waals surface area (Å²) in [6.07, 6.45) is 3.66. The molecule has 2 atom stereocenters. The number of aliphatic hydroxyl groups excluding tert-OH is 1. The van der Waals surface area contributed by atoms with Crippen LogP contribution in [0.4, 0.5) is 5.69 Å². The number of rotatable bonds is 8. The summed E-state index contributed by atoms with van der Waals surface area (Å²) < 4.78 is 12.6. The molecule has 3 aromatic rings. The first-order valence-electron chi connectivity index (χ1n) is 11.7. The number of ether oxygens (including phenoxy) is 2. The van der Waals surface area contributed by atoms with Gasteiger partial charge in [0.2, 0.25) is 6.41 Å². The van der Waals surface area contributed by atoms with Crippen LogP contribution in [0.5, 0.6) is 5.75 Å². The summed E-state index contributed by atoms with van der Waals surface area (Å²) >= 11 is 0. The molecule has 2 aromatic heterocycles. The molecule has 1 aliphatic heterocycles. The number of aromatic carboxylic acids is 1. The highest BCUT2D eigenvalue weighted by Crippen LogP contribution is 2.32. The van der Waals surface area contributed by atoms with E-state index in [9.17, 15) is 15.0 Å². The Balaban J connectivity index is 1.61. The summed E-state index contributed by atoms with van der Waals surface area (Å²) in [5.74, 6) is -0.264. The number of aliphatic hydroxyl groups is 1. The first kappa shape index (κ1) is 24.9. The zero-order chi connectivity index (χ0) is 25.2. The average Bonchev–Trinajstić information content (AvgIpc) is 3.20. The number of pyridine rings is 1. The number of hydrogen-bond acceptors (Lipinski definition) is 8. The molecule has 0 radical (unpaired) electrons. The van der Waals surface area contributed by atoms with E-state index in [0.29, 0.717) is 36.4 Å². The second-order valence-electron chi connectivity index (χ2n) is 9.75. The van der Waals surface area contributed by atoms with Gasteiger partial charge in [0.1, 0.15) is 11.3 Å². The summed E-state index contributed by atoms with van der Waals surface area (Å²) in [7, 11) is 1.63. The number of nitrogens with one attached hydrogen (secondary N) is 1. The smallest absolute Gasteiger partial charge is 0.339 e. The maximum Gasteiger partial charge on any atom is 0.339 e. The fourth-order valence-corrected chi connectivity index (χ4v) is 4.42. The Kier molecular flexibility index (Phi) is 7.25. The predicted octanol–water partition coefficient (Wildman–Crippen LogP) is 2.84. The van der Waals surface area contributed by atoms with E-state index in [2.05, 4.69) is 15.4 Å². The fraction of sp³-hybridized carbons (Fsp3) is 0.480. The Hall–Kier alpha value is -3.21. The number of carboxylic acid groups (broad SMARTS) is 1. The molecule has 10 nitrogen and oxygen atoms in total. The number of carboxylic acids is 1. The number of anilines is 1. The molecule has 35 heavy (non-hydrogen) atoms. The second-order valence-corrected chi connectivity index (χ2v) is 9.75. The van der Waals surface area contributed by atoms with Crippen molar-refractivity contribution in [2.24, 2.45) is 0 Å². The van der Waals surface area contributed by atoms with E-state index >= 15 is 0 Å². The van der Waals surface area contributed by atoms with Gasteiger partial charge in [0.25, 0.3) is 0 Å². The molecule has 188 valence electrons. The Morgan fingerprint density at radius 3 is 2.66 bits per heavy atom. The summed E-state index contributed by atoms with van der Waals surface area (Å²) in [5, 5.41) is 28.5. The highest BCUT2D eigenvalue weighted by atomic mass is 16.6. The van der Waals surface area contributed by atoms with E-state index in [-0.39, 0.29) is 11.6 Å². The third kappa shape index (κ3) is 5.90. The maximum atomic E-state index is 12.1. The molecule has 0 aliphatic carbocycles. The molecule has 3 N–H and O–H groups in total. The molecule has 4 rings (SSSR count). The summed E-state index contributed by atoms with van der Waals surface area (Å²) in [4.78, 5) is 18.6. The second kappa shape index (κ2) is 10.2. The van der Waals surface area contributed by atoms with Crippen molar-refractivity contribution in [3.8, 4) is 5.75 Å². The number of hydrogen-bond donors (Lipinski definition) is 3. The van der Waals surface area contributed by atoms with E-state index in [1.165, 1.54) is 6.20 Å². The Morgan fingerprint density at radius 1 is 1.26 bits per heavy atom. The first-order chi connectivity index (χ1) is 16.6. The number of fused-ring (bicyclic) bond motifs is 1. The quantitative estimate of drug-likeness (QED) is 0.415. The van der Waals surface area contributed by atoms with Crippen LogP contribution >= 0.6 is 0 Å². The van der Waals surface area contributed by atoms with Gasteiger partial charge in [-0.2, -0.15) is 5.10 Å². The van der Waals surface area contributed by atoms with Crippen LogP contribution in [0.1, 0.15) is 49.5 Å². The molecule has 10 heteroatoms. The fourth-order valence-electron chi connectivity index (χ4n) is 4.42. The molecule has 0 saturated carbocycles. The first-order valence-corrected chi connectivity index (χ1v) is 11.7. The van der Waals surface area contributed by atoms with Crippen LogP contribution in [0.15, 0.2) is 36.7 Å². The van der Waals surface area contributed by atoms with Crippen molar-refractivity contribution in [2.45, 2.75) is 58.2 Å². The number of piperidine rings is 1. The molecular formula is C25H33N5O5. The molecule has 0 amide bonds. The zero-order valence-electron chi connectivity index (χ0n) is 20.6. The topological polar surface area (TPSA) is 122 Å². The normalized spacial score (nSPS) is 17.5. The molecule has 1 saturated heterocycles. The predicted molar refractivity (Wildman–Crippen MR) is 132 cm³/mol.